The predicted molar refractivity (Wildman–Crippen MR) is 81.2 cm³/mol. The van der Waals surface area contributed by atoms with Crippen molar-refractivity contribution in [3.8, 4) is 0 Å². The van der Waals surface area contributed by atoms with Crippen molar-refractivity contribution in [2.75, 3.05) is 7.05 Å². The molecule has 0 aliphatic carbocycles. The van der Waals surface area contributed by atoms with Crippen LogP contribution in [-0.2, 0) is 6.18 Å². The van der Waals surface area contributed by atoms with Crippen molar-refractivity contribution in [1.82, 2.24) is 5.32 Å². The van der Waals surface area contributed by atoms with Gasteiger partial charge in [0.1, 0.15) is 0 Å². The molecule has 2 rings (SSSR count). The Morgan fingerprint density at radius 3 is 2.14 bits per heavy atom. The van der Waals surface area contributed by atoms with Gasteiger partial charge in [-0.1, -0.05) is 40.2 Å². The van der Waals surface area contributed by atoms with Gasteiger partial charge in [-0.05, 0) is 48.9 Å². The van der Waals surface area contributed by atoms with E-state index in [-0.39, 0.29) is 6.04 Å². The number of rotatable bonds is 3. The molecule has 0 saturated carbocycles. The summed E-state index contributed by atoms with van der Waals surface area (Å²) in [5.74, 6) is 0. The number of hydrogen-bond donors (Lipinski definition) is 1. The molecule has 0 amide bonds. The Balaban J connectivity index is 2.37. The first-order valence-corrected chi connectivity index (χ1v) is 7.22. The molecule has 1 N–H and O–H groups in total. The molecule has 112 valence electrons. The van der Waals surface area contributed by atoms with Crippen molar-refractivity contribution in [2.45, 2.75) is 19.1 Å². The highest BCUT2D eigenvalue weighted by molar-refractivity contribution is 9.10. The van der Waals surface area contributed by atoms with E-state index in [0.29, 0.717) is 0 Å². The van der Waals surface area contributed by atoms with Crippen molar-refractivity contribution in [3.63, 3.8) is 0 Å². The summed E-state index contributed by atoms with van der Waals surface area (Å²) in [6.45, 7) is 1.99. The molecule has 21 heavy (non-hydrogen) atoms. The summed E-state index contributed by atoms with van der Waals surface area (Å²) in [6.07, 6.45) is -4.31. The van der Waals surface area contributed by atoms with Crippen LogP contribution in [-0.4, -0.2) is 7.05 Å². The van der Waals surface area contributed by atoms with Gasteiger partial charge in [-0.3, -0.25) is 0 Å². The van der Waals surface area contributed by atoms with Crippen LogP contribution in [0.5, 0.6) is 0 Å². The molecule has 1 nitrogen and oxygen atoms in total. The van der Waals surface area contributed by atoms with Crippen LogP contribution >= 0.6 is 15.9 Å². The summed E-state index contributed by atoms with van der Waals surface area (Å²) in [4.78, 5) is 0. The summed E-state index contributed by atoms with van der Waals surface area (Å²) in [7, 11) is 1.79. The molecule has 0 heterocycles. The number of hydrogen-bond acceptors (Lipinski definition) is 1. The maximum absolute atomic E-state index is 12.6. The molecular weight excluding hydrogens is 343 g/mol. The summed E-state index contributed by atoms with van der Waals surface area (Å²) in [5, 5.41) is 3.14. The van der Waals surface area contributed by atoms with Gasteiger partial charge < -0.3 is 5.32 Å². The molecule has 0 aromatic heterocycles. The molecule has 1 unspecified atom stereocenters. The Labute approximate surface area is 130 Å². The summed E-state index contributed by atoms with van der Waals surface area (Å²) in [5.41, 5.74) is 2.26. The Bertz CT molecular complexity index is 620. The molecule has 2 aromatic carbocycles. The van der Waals surface area contributed by atoms with Crippen LogP contribution in [0.3, 0.4) is 0 Å². The lowest BCUT2D eigenvalue weighted by atomic mass is 9.97. The predicted octanol–water partition coefficient (Wildman–Crippen LogP) is 5.09. The average molecular weight is 358 g/mol. The molecule has 0 spiro atoms. The normalized spacial score (nSPS) is 13.2. The van der Waals surface area contributed by atoms with Gasteiger partial charge in [0, 0.05) is 4.47 Å². The Kier molecular flexibility index (Phi) is 4.74. The molecule has 0 fully saturated rings. The van der Waals surface area contributed by atoms with E-state index < -0.39 is 11.7 Å². The number of nitrogens with one attached hydrogen (secondary N) is 1. The van der Waals surface area contributed by atoms with Crippen LogP contribution in [0.4, 0.5) is 13.2 Å². The van der Waals surface area contributed by atoms with Crippen molar-refractivity contribution >= 4 is 15.9 Å². The van der Waals surface area contributed by atoms with Gasteiger partial charge in [-0.2, -0.15) is 13.2 Å². The van der Waals surface area contributed by atoms with Crippen LogP contribution in [0.1, 0.15) is 28.3 Å². The quantitative estimate of drug-likeness (QED) is 0.806. The SMILES string of the molecule is CNC(c1ccc(C(F)(F)F)cc1)c1ccc(C)cc1Br. The third-order valence-corrected chi connectivity index (χ3v) is 4.01. The van der Waals surface area contributed by atoms with E-state index in [0.717, 1.165) is 33.3 Å². The first kappa shape index (κ1) is 16.0. The van der Waals surface area contributed by atoms with Crippen molar-refractivity contribution in [1.29, 1.82) is 0 Å². The summed E-state index contributed by atoms with van der Waals surface area (Å²) < 4.78 is 38.8. The fourth-order valence-corrected chi connectivity index (χ4v) is 2.95. The smallest absolute Gasteiger partial charge is 0.309 e. The third kappa shape index (κ3) is 3.66. The van der Waals surface area contributed by atoms with E-state index in [2.05, 4.69) is 21.2 Å². The van der Waals surface area contributed by atoms with Gasteiger partial charge >= 0.3 is 6.18 Å². The van der Waals surface area contributed by atoms with Crippen molar-refractivity contribution in [2.24, 2.45) is 0 Å². The van der Waals surface area contributed by atoms with Crippen LogP contribution in [0.2, 0.25) is 0 Å². The molecule has 0 bridgehead atoms. The second-order valence-electron chi connectivity index (χ2n) is 4.87. The third-order valence-electron chi connectivity index (χ3n) is 3.33. The van der Waals surface area contributed by atoms with Crippen LogP contribution in [0.25, 0.3) is 0 Å². The van der Waals surface area contributed by atoms with Crippen LogP contribution in [0.15, 0.2) is 46.9 Å². The minimum absolute atomic E-state index is 0.165. The lowest BCUT2D eigenvalue weighted by molar-refractivity contribution is -0.137. The second kappa shape index (κ2) is 6.20. The van der Waals surface area contributed by atoms with Crippen molar-refractivity contribution in [3.05, 3.63) is 69.2 Å². The fraction of sp³-hybridized carbons (Fsp3) is 0.250. The molecule has 0 aliphatic rings. The van der Waals surface area contributed by atoms with E-state index in [1.54, 1.807) is 7.05 Å². The number of aryl methyl sites for hydroxylation is 1. The number of benzene rings is 2. The lowest BCUT2D eigenvalue weighted by Crippen LogP contribution is -2.18. The number of halogens is 4. The van der Waals surface area contributed by atoms with Crippen molar-refractivity contribution < 1.29 is 13.2 Å². The molecule has 1 atom stereocenters. The molecule has 2 aromatic rings. The highest BCUT2D eigenvalue weighted by atomic mass is 79.9. The topological polar surface area (TPSA) is 12.0 Å². The monoisotopic (exact) mass is 357 g/mol. The van der Waals surface area contributed by atoms with E-state index in [4.69, 9.17) is 0 Å². The van der Waals surface area contributed by atoms with Gasteiger partial charge in [0.25, 0.3) is 0 Å². The zero-order valence-electron chi connectivity index (χ0n) is 11.6. The second-order valence-corrected chi connectivity index (χ2v) is 5.72. The van der Waals surface area contributed by atoms with Crippen LogP contribution < -0.4 is 5.32 Å². The molecular formula is C16H15BrF3N. The fourth-order valence-electron chi connectivity index (χ4n) is 2.23. The Morgan fingerprint density at radius 1 is 1.05 bits per heavy atom. The highest BCUT2D eigenvalue weighted by Gasteiger charge is 2.30. The Hall–Kier alpha value is -1.33. The van der Waals surface area contributed by atoms with E-state index in [1.807, 2.05) is 25.1 Å². The molecule has 0 aliphatic heterocycles. The van der Waals surface area contributed by atoms with E-state index in [1.165, 1.54) is 12.1 Å². The summed E-state index contributed by atoms with van der Waals surface area (Å²) >= 11 is 3.51. The maximum atomic E-state index is 12.6. The van der Waals surface area contributed by atoms with Crippen LogP contribution in [0, 0.1) is 6.92 Å². The van der Waals surface area contributed by atoms with Gasteiger partial charge in [0.15, 0.2) is 0 Å². The van der Waals surface area contributed by atoms with E-state index >= 15 is 0 Å². The van der Waals surface area contributed by atoms with E-state index in [9.17, 15) is 13.2 Å². The largest absolute Gasteiger partial charge is 0.416 e. The lowest BCUT2D eigenvalue weighted by Gasteiger charge is -2.20. The zero-order valence-corrected chi connectivity index (χ0v) is 13.2. The highest BCUT2D eigenvalue weighted by Crippen LogP contribution is 2.32. The van der Waals surface area contributed by atoms with Gasteiger partial charge in [-0.15, -0.1) is 0 Å². The Morgan fingerprint density at radius 2 is 1.67 bits per heavy atom. The zero-order chi connectivity index (χ0) is 15.6. The van der Waals surface area contributed by atoms with Gasteiger partial charge in [0.05, 0.1) is 11.6 Å². The van der Waals surface area contributed by atoms with Gasteiger partial charge in [-0.25, -0.2) is 0 Å². The summed E-state index contributed by atoms with van der Waals surface area (Å²) in [6, 6.07) is 11.0. The maximum Gasteiger partial charge on any atom is 0.416 e. The number of alkyl halides is 3. The molecule has 5 heteroatoms. The first-order chi connectivity index (χ1) is 9.82. The standard InChI is InChI=1S/C16H15BrF3N/c1-10-3-8-13(14(17)9-10)15(21-2)11-4-6-12(7-5-11)16(18,19)20/h3-9,15,21H,1-2H3. The minimum atomic E-state index is -4.31. The molecule has 0 saturated heterocycles. The molecule has 0 radical (unpaired) electrons. The minimum Gasteiger partial charge on any atom is -0.309 e. The average Bonchev–Trinajstić information content (AvgIpc) is 2.41. The van der Waals surface area contributed by atoms with Gasteiger partial charge in [0.2, 0.25) is 0 Å². The first-order valence-electron chi connectivity index (χ1n) is 6.43.